The van der Waals surface area contributed by atoms with Crippen LogP contribution in [0.25, 0.3) is 0 Å². The number of hydrogen-bond donors (Lipinski definition) is 0. The number of benzene rings is 2. The molecule has 2 rings (SSSR count). The highest BCUT2D eigenvalue weighted by Gasteiger charge is 2.14. The van der Waals surface area contributed by atoms with Crippen molar-refractivity contribution in [3.05, 3.63) is 68.7 Å². The molecule has 0 heterocycles. The minimum absolute atomic E-state index is 0.110. The van der Waals surface area contributed by atoms with Gasteiger partial charge in [0.25, 0.3) is 5.69 Å². The van der Waals surface area contributed by atoms with Crippen LogP contribution in [0.3, 0.4) is 0 Å². The molecule has 0 aliphatic carbocycles. The van der Waals surface area contributed by atoms with Crippen molar-refractivity contribution >= 4 is 17.3 Å². The first-order valence-electron chi connectivity index (χ1n) is 5.48. The normalized spacial score (nSPS) is 10.3. The molecule has 0 fully saturated rings. The van der Waals surface area contributed by atoms with Crippen molar-refractivity contribution in [2.75, 3.05) is 0 Å². The molecule has 0 atom stereocenters. The van der Waals surface area contributed by atoms with E-state index >= 15 is 0 Å². The Morgan fingerprint density at radius 2 is 1.85 bits per heavy atom. The van der Waals surface area contributed by atoms with Crippen LogP contribution in [0, 0.1) is 21.7 Å². The maximum absolute atomic E-state index is 13.4. The monoisotopic (exact) mass is 299 g/mol. The van der Waals surface area contributed by atoms with Gasteiger partial charge in [-0.25, -0.2) is 8.78 Å². The first kappa shape index (κ1) is 14.2. The lowest BCUT2D eigenvalue weighted by atomic mass is 10.2. The van der Waals surface area contributed by atoms with Crippen LogP contribution in [0.15, 0.2) is 36.4 Å². The summed E-state index contributed by atoms with van der Waals surface area (Å²) in [6, 6.07) is 7.17. The van der Waals surface area contributed by atoms with Crippen molar-refractivity contribution in [3.8, 4) is 5.75 Å². The highest BCUT2D eigenvalue weighted by Crippen LogP contribution is 2.29. The summed E-state index contributed by atoms with van der Waals surface area (Å²) in [7, 11) is 0. The molecule has 7 heteroatoms. The van der Waals surface area contributed by atoms with Gasteiger partial charge in [-0.15, -0.1) is 0 Å². The summed E-state index contributed by atoms with van der Waals surface area (Å²) in [5.41, 5.74) is -0.488. The van der Waals surface area contributed by atoms with Gasteiger partial charge in [0.15, 0.2) is 0 Å². The van der Waals surface area contributed by atoms with Gasteiger partial charge >= 0.3 is 0 Å². The second kappa shape index (κ2) is 5.83. The fourth-order valence-corrected chi connectivity index (χ4v) is 1.79. The van der Waals surface area contributed by atoms with E-state index in [1.807, 2.05) is 0 Å². The average molecular weight is 300 g/mol. The zero-order chi connectivity index (χ0) is 14.7. The van der Waals surface area contributed by atoms with E-state index in [0.717, 1.165) is 18.2 Å². The van der Waals surface area contributed by atoms with Gasteiger partial charge in [-0.3, -0.25) is 10.1 Å². The number of halogens is 3. The third kappa shape index (κ3) is 3.03. The predicted molar refractivity (Wildman–Crippen MR) is 68.8 cm³/mol. The van der Waals surface area contributed by atoms with E-state index in [4.69, 9.17) is 16.3 Å². The van der Waals surface area contributed by atoms with Crippen molar-refractivity contribution < 1.29 is 18.4 Å². The Kier molecular flexibility index (Phi) is 4.14. The van der Waals surface area contributed by atoms with E-state index in [1.165, 1.54) is 18.2 Å². The van der Waals surface area contributed by atoms with Crippen molar-refractivity contribution in [1.29, 1.82) is 0 Å². The molecule has 0 saturated carbocycles. The topological polar surface area (TPSA) is 52.4 Å². The molecule has 0 unspecified atom stereocenters. The molecule has 0 saturated heterocycles. The lowest BCUT2D eigenvalue weighted by Crippen LogP contribution is -2.02. The smallest absolute Gasteiger partial charge is 0.288 e. The highest BCUT2D eigenvalue weighted by molar-refractivity contribution is 6.32. The summed E-state index contributed by atoms with van der Waals surface area (Å²) < 4.78 is 31.9. The molecule has 104 valence electrons. The van der Waals surface area contributed by atoms with E-state index < -0.39 is 16.6 Å². The molecule has 4 nitrogen and oxygen atoms in total. The van der Waals surface area contributed by atoms with Gasteiger partial charge in [-0.2, -0.15) is 0 Å². The van der Waals surface area contributed by atoms with E-state index in [-0.39, 0.29) is 28.6 Å². The summed E-state index contributed by atoms with van der Waals surface area (Å²) in [4.78, 5) is 9.95. The van der Waals surface area contributed by atoms with Gasteiger partial charge in [-0.05, 0) is 18.2 Å². The van der Waals surface area contributed by atoms with Crippen LogP contribution in [0.5, 0.6) is 5.75 Å². The average Bonchev–Trinajstić information content (AvgIpc) is 2.37. The summed E-state index contributed by atoms with van der Waals surface area (Å²) in [5, 5.41) is 10.5. The fourth-order valence-electron chi connectivity index (χ4n) is 1.55. The summed E-state index contributed by atoms with van der Waals surface area (Å²) in [5.74, 6) is -1.26. The number of hydrogen-bond acceptors (Lipinski definition) is 3. The van der Waals surface area contributed by atoms with Gasteiger partial charge in [0, 0.05) is 12.1 Å². The number of nitro benzene ring substituents is 1. The minimum atomic E-state index is -0.724. The van der Waals surface area contributed by atoms with Gasteiger partial charge in [0.1, 0.15) is 29.0 Å². The largest absolute Gasteiger partial charge is 0.489 e. The zero-order valence-electron chi connectivity index (χ0n) is 9.98. The summed E-state index contributed by atoms with van der Waals surface area (Å²) in [6.45, 7) is -0.341. The lowest BCUT2D eigenvalue weighted by molar-refractivity contribution is -0.384. The maximum Gasteiger partial charge on any atom is 0.288 e. The quantitative estimate of drug-likeness (QED) is 0.630. The standard InChI is InChI=1S/C13H8ClF2NO3/c14-10-6-8(4-5-13(10)17(18)19)20-7-9-11(15)2-1-3-12(9)16/h1-6H,7H2. The maximum atomic E-state index is 13.4. The third-order valence-corrected chi connectivity index (χ3v) is 2.86. The Labute approximate surface area is 117 Å². The van der Waals surface area contributed by atoms with E-state index in [0.29, 0.717) is 0 Å². The molecule has 20 heavy (non-hydrogen) atoms. The molecule has 0 bridgehead atoms. The number of ether oxygens (including phenoxy) is 1. The van der Waals surface area contributed by atoms with Crippen molar-refractivity contribution in [2.45, 2.75) is 6.61 Å². The lowest BCUT2D eigenvalue weighted by Gasteiger charge is -2.08. The van der Waals surface area contributed by atoms with E-state index in [2.05, 4.69) is 0 Å². The van der Waals surface area contributed by atoms with Crippen LogP contribution in [0.2, 0.25) is 5.02 Å². The second-order valence-corrected chi connectivity index (χ2v) is 4.27. The first-order chi connectivity index (χ1) is 9.49. The number of rotatable bonds is 4. The molecule has 2 aromatic rings. The van der Waals surface area contributed by atoms with Crippen LogP contribution in [0.4, 0.5) is 14.5 Å². The SMILES string of the molecule is O=[N+]([O-])c1ccc(OCc2c(F)cccc2F)cc1Cl. The summed E-state index contributed by atoms with van der Waals surface area (Å²) >= 11 is 5.70. The first-order valence-corrected chi connectivity index (χ1v) is 5.86. The third-order valence-electron chi connectivity index (χ3n) is 2.56. The van der Waals surface area contributed by atoms with Gasteiger partial charge in [0.05, 0.1) is 10.5 Å². The van der Waals surface area contributed by atoms with Gasteiger partial charge in [-0.1, -0.05) is 17.7 Å². The zero-order valence-corrected chi connectivity index (χ0v) is 10.7. The van der Waals surface area contributed by atoms with E-state index in [9.17, 15) is 18.9 Å². The molecule has 0 spiro atoms. The van der Waals surface area contributed by atoms with Crippen LogP contribution in [-0.4, -0.2) is 4.92 Å². The second-order valence-electron chi connectivity index (χ2n) is 3.86. The highest BCUT2D eigenvalue weighted by atomic mass is 35.5. The van der Waals surface area contributed by atoms with Crippen molar-refractivity contribution in [2.24, 2.45) is 0 Å². The van der Waals surface area contributed by atoms with Gasteiger partial charge < -0.3 is 4.74 Å². The Morgan fingerprint density at radius 1 is 1.20 bits per heavy atom. The number of nitro groups is 1. The Bertz CT molecular complexity index is 644. The van der Waals surface area contributed by atoms with Crippen molar-refractivity contribution in [3.63, 3.8) is 0 Å². The molecule has 2 aromatic carbocycles. The molecular formula is C13H8ClF2NO3. The Morgan fingerprint density at radius 3 is 2.40 bits per heavy atom. The molecule has 0 aliphatic rings. The molecule has 0 aromatic heterocycles. The fraction of sp³-hybridized carbons (Fsp3) is 0.0769. The molecule has 0 radical (unpaired) electrons. The van der Waals surface area contributed by atoms with Crippen LogP contribution >= 0.6 is 11.6 Å². The van der Waals surface area contributed by atoms with Crippen LogP contribution in [-0.2, 0) is 6.61 Å². The number of nitrogens with zero attached hydrogens (tertiary/aromatic N) is 1. The van der Waals surface area contributed by atoms with Crippen LogP contribution < -0.4 is 4.74 Å². The van der Waals surface area contributed by atoms with E-state index in [1.54, 1.807) is 0 Å². The summed E-state index contributed by atoms with van der Waals surface area (Å²) in [6.07, 6.45) is 0. The van der Waals surface area contributed by atoms with Gasteiger partial charge in [0.2, 0.25) is 0 Å². The molecule has 0 aliphatic heterocycles. The Balaban J connectivity index is 2.16. The molecule has 0 amide bonds. The Hall–Kier alpha value is -2.21. The predicted octanol–water partition coefficient (Wildman–Crippen LogP) is 4.11. The van der Waals surface area contributed by atoms with Crippen LogP contribution in [0.1, 0.15) is 5.56 Å². The molecule has 0 N–H and O–H groups in total. The van der Waals surface area contributed by atoms with Crippen molar-refractivity contribution in [1.82, 2.24) is 0 Å². The minimum Gasteiger partial charge on any atom is -0.489 e. The molecular weight excluding hydrogens is 292 g/mol.